The van der Waals surface area contributed by atoms with E-state index in [4.69, 9.17) is 0 Å². The van der Waals surface area contributed by atoms with E-state index in [1.165, 1.54) is 11.3 Å². The monoisotopic (exact) mass is 238 g/mol. The molecule has 3 nitrogen and oxygen atoms in total. The van der Waals surface area contributed by atoms with Crippen molar-refractivity contribution in [1.82, 2.24) is 10.2 Å². The van der Waals surface area contributed by atoms with Gasteiger partial charge in [-0.05, 0) is 30.8 Å². The summed E-state index contributed by atoms with van der Waals surface area (Å²) < 4.78 is 0. The maximum atomic E-state index is 11.9. The van der Waals surface area contributed by atoms with Gasteiger partial charge in [-0.15, -0.1) is 11.3 Å². The van der Waals surface area contributed by atoms with E-state index in [0.29, 0.717) is 12.5 Å². The quantitative estimate of drug-likeness (QED) is 0.868. The van der Waals surface area contributed by atoms with Gasteiger partial charge in [0.15, 0.2) is 0 Å². The molecule has 0 spiro atoms. The number of nitrogens with one attached hydrogen (secondary N) is 1. The second-order valence-electron chi connectivity index (χ2n) is 4.33. The van der Waals surface area contributed by atoms with Gasteiger partial charge in [0.25, 0.3) is 0 Å². The largest absolute Gasteiger partial charge is 0.341 e. The molecule has 1 aromatic heterocycles. The summed E-state index contributed by atoms with van der Waals surface area (Å²) in [6.07, 6.45) is 2.98. The van der Waals surface area contributed by atoms with Crippen molar-refractivity contribution in [3.8, 4) is 0 Å². The van der Waals surface area contributed by atoms with Crippen LogP contribution in [0.15, 0.2) is 17.5 Å². The van der Waals surface area contributed by atoms with Crippen LogP contribution < -0.4 is 5.32 Å². The van der Waals surface area contributed by atoms with Crippen LogP contribution >= 0.6 is 11.3 Å². The smallest absolute Gasteiger partial charge is 0.224 e. The third-order valence-corrected chi connectivity index (χ3v) is 3.84. The number of nitrogens with zero attached hydrogens (tertiary/aromatic N) is 1. The third kappa shape index (κ3) is 3.06. The highest BCUT2D eigenvalue weighted by molar-refractivity contribution is 7.09. The molecule has 16 heavy (non-hydrogen) atoms. The molecule has 1 unspecified atom stereocenters. The van der Waals surface area contributed by atoms with Crippen LogP contribution in [0.25, 0.3) is 0 Å². The zero-order valence-electron chi connectivity index (χ0n) is 9.61. The molecule has 2 rings (SSSR count). The first-order valence-corrected chi connectivity index (χ1v) is 6.63. The Morgan fingerprint density at radius 2 is 2.56 bits per heavy atom. The number of thiophene rings is 1. The zero-order valence-corrected chi connectivity index (χ0v) is 10.4. The van der Waals surface area contributed by atoms with E-state index in [0.717, 1.165) is 19.5 Å². The van der Waals surface area contributed by atoms with Crippen molar-refractivity contribution < 1.29 is 4.79 Å². The minimum atomic E-state index is 0.243. The second-order valence-corrected chi connectivity index (χ2v) is 5.36. The molecular weight excluding hydrogens is 220 g/mol. The molecule has 1 N–H and O–H groups in total. The minimum absolute atomic E-state index is 0.243. The Morgan fingerprint density at radius 1 is 1.69 bits per heavy atom. The van der Waals surface area contributed by atoms with Crippen LogP contribution in [-0.4, -0.2) is 30.4 Å². The van der Waals surface area contributed by atoms with Gasteiger partial charge in [-0.3, -0.25) is 4.79 Å². The number of hydrogen-bond donors (Lipinski definition) is 1. The Hall–Kier alpha value is -0.870. The molecule has 0 bridgehead atoms. The van der Waals surface area contributed by atoms with Crippen molar-refractivity contribution in [2.45, 2.75) is 31.8 Å². The highest BCUT2D eigenvalue weighted by atomic mass is 32.1. The maximum Gasteiger partial charge on any atom is 0.224 e. The van der Waals surface area contributed by atoms with Crippen LogP contribution in [0.1, 0.15) is 24.1 Å². The summed E-state index contributed by atoms with van der Waals surface area (Å²) in [6.45, 7) is 1.80. The van der Waals surface area contributed by atoms with Crippen molar-refractivity contribution in [3.63, 3.8) is 0 Å². The molecule has 1 aliphatic rings. The fraction of sp³-hybridized carbons (Fsp3) is 0.583. The van der Waals surface area contributed by atoms with Gasteiger partial charge in [0, 0.05) is 24.4 Å². The molecule has 1 amide bonds. The molecule has 2 heterocycles. The first-order valence-electron chi connectivity index (χ1n) is 5.75. The van der Waals surface area contributed by atoms with Gasteiger partial charge in [-0.25, -0.2) is 0 Å². The van der Waals surface area contributed by atoms with E-state index in [1.54, 1.807) is 11.3 Å². The van der Waals surface area contributed by atoms with Crippen LogP contribution in [0.2, 0.25) is 0 Å². The summed E-state index contributed by atoms with van der Waals surface area (Å²) in [5.74, 6) is 0.243. The molecule has 0 radical (unpaired) electrons. The van der Waals surface area contributed by atoms with E-state index in [2.05, 4.69) is 11.4 Å². The molecule has 1 aromatic rings. The Kier molecular flexibility index (Phi) is 3.96. The molecule has 1 saturated heterocycles. The summed E-state index contributed by atoms with van der Waals surface area (Å²) in [7, 11) is 1.89. The van der Waals surface area contributed by atoms with Crippen LogP contribution in [0.3, 0.4) is 0 Å². The summed E-state index contributed by atoms with van der Waals surface area (Å²) in [5, 5.41) is 5.40. The van der Waals surface area contributed by atoms with Gasteiger partial charge < -0.3 is 10.2 Å². The lowest BCUT2D eigenvalue weighted by molar-refractivity contribution is -0.130. The SMILES string of the molecule is CN(Cc1cccs1)C(=O)CC1CCCN1. The molecule has 0 aliphatic carbocycles. The van der Waals surface area contributed by atoms with Gasteiger partial charge in [0.2, 0.25) is 5.91 Å². The van der Waals surface area contributed by atoms with E-state index < -0.39 is 0 Å². The molecule has 1 fully saturated rings. The van der Waals surface area contributed by atoms with Crippen molar-refractivity contribution >= 4 is 17.2 Å². The number of rotatable bonds is 4. The Labute approximate surface area is 100 Å². The van der Waals surface area contributed by atoms with Gasteiger partial charge in [-0.1, -0.05) is 6.07 Å². The standard InChI is InChI=1S/C12H18N2OS/c1-14(9-11-5-3-7-16-11)12(15)8-10-4-2-6-13-10/h3,5,7,10,13H,2,4,6,8-9H2,1H3. The van der Waals surface area contributed by atoms with E-state index in [1.807, 2.05) is 23.4 Å². The summed E-state index contributed by atoms with van der Waals surface area (Å²) in [4.78, 5) is 15.0. The predicted molar refractivity (Wildman–Crippen MR) is 66.4 cm³/mol. The topological polar surface area (TPSA) is 32.3 Å². The molecule has 0 saturated carbocycles. The second kappa shape index (κ2) is 5.46. The lowest BCUT2D eigenvalue weighted by Gasteiger charge is -2.18. The molecule has 88 valence electrons. The highest BCUT2D eigenvalue weighted by Crippen LogP contribution is 2.14. The van der Waals surface area contributed by atoms with Crippen molar-refractivity contribution in [1.29, 1.82) is 0 Å². The van der Waals surface area contributed by atoms with Crippen molar-refractivity contribution in [3.05, 3.63) is 22.4 Å². The fourth-order valence-corrected chi connectivity index (χ4v) is 2.78. The van der Waals surface area contributed by atoms with Gasteiger partial charge >= 0.3 is 0 Å². The first kappa shape index (κ1) is 11.6. The first-order chi connectivity index (χ1) is 7.75. The fourth-order valence-electron chi connectivity index (χ4n) is 2.02. The molecular formula is C12H18N2OS. The summed E-state index contributed by atoms with van der Waals surface area (Å²) >= 11 is 1.70. The lowest BCUT2D eigenvalue weighted by atomic mass is 10.1. The van der Waals surface area contributed by atoms with Crippen LogP contribution in [0, 0.1) is 0 Å². The normalized spacial score (nSPS) is 19.9. The number of hydrogen-bond acceptors (Lipinski definition) is 3. The average Bonchev–Trinajstić information content (AvgIpc) is 2.90. The number of amides is 1. The van der Waals surface area contributed by atoms with Crippen LogP contribution in [0.4, 0.5) is 0 Å². The highest BCUT2D eigenvalue weighted by Gasteiger charge is 2.19. The number of carbonyl (C=O) groups excluding carboxylic acids is 1. The zero-order chi connectivity index (χ0) is 11.4. The van der Waals surface area contributed by atoms with Gasteiger partial charge in [0.05, 0.1) is 6.54 Å². The van der Waals surface area contributed by atoms with Crippen molar-refractivity contribution in [2.75, 3.05) is 13.6 Å². The van der Waals surface area contributed by atoms with E-state index in [-0.39, 0.29) is 5.91 Å². The van der Waals surface area contributed by atoms with Crippen molar-refractivity contribution in [2.24, 2.45) is 0 Å². The molecule has 4 heteroatoms. The molecule has 1 atom stereocenters. The van der Waals surface area contributed by atoms with Gasteiger partial charge in [-0.2, -0.15) is 0 Å². The Bertz CT molecular complexity index is 331. The predicted octanol–water partition coefficient (Wildman–Crippen LogP) is 1.85. The third-order valence-electron chi connectivity index (χ3n) is 2.98. The Morgan fingerprint density at radius 3 is 3.19 bits per heavy atom. The Balaban J connectivity index is 1.79. The average molecular weight is 238 g/mol. The van der Waals surface area contributed by atoms with Crippen LogP contribution in [0.5, 0.6) is 0 Å². The van der Waals surface area contributed by atoms with Crippen LogP contribution in [-0.2, 0) is 11.3 Å². The van der Waals surface area contributed by atoms with Gasteiger partial charge in [0.1, 0.15) is 0 Å². The lowest BCUT2D eigenvalue weighted by Crippen LogP contribution is -2.32. The number of carbonyl (C=O) groups is 1. The maximum absolute atomic E-state index is 11.9. The summed E-state index contributed by atoms with van der Waals surface area (Å²) in [5.41, 5.74) is 0. The molecule has 1 aliphatic heterocycles. The van der Waals surface area contributed by atoms with E-state index >= 15 is 0 Å². The minimum Gasteiger partial charge on any atom is -0.341 e. The summed E-state index contributed by atoms with van der Waals surface area (Å²) in [6, 6.07) is 4.50. The van der Waals surface area contributed by atoms with E-state index in [9.17, 15) is 4.79 Å². The molecule has 0 aromatic carbocycles.